The van der Waals surface area contributed by atoms with Crippen LogP contribution >= 0.6 is 0 Å². The second kappa shape index (κ2) is 3.88. The van der Waals surface area contributed by atoms with Crippen molar-refractivity contribution in [2.45, 2.75) is 18.9 Å². The van der Waals surface area contributed by atoms with E-state index in [-0.39, 0.29) is 6.04 Å². The van der Waals surface area contributed by atoms with Gasteiger partial charge in [0.05, 0.1) is 12.4 Å². The summed E-state index contributed by atoms with van der Waals surface area (Å²) >= 11 is 0. The van der Waals surface area contributed by atoms with Crippen LogP contribution in [-0.4, -0.2) is 29.1 Å². The predicted molar refractivity (Wildman–Crippen MR) is 51.4 cm³/mol. The number of piperidine rings is 1. The van der Waals surface area contributed by atoms with Gasteiger partial charge in [-0.2, -0.15) is 0 Å². The van der Waals surface area contributed by atoms with Crippen molar-refractivity contribution >= 4 is 5.95 Å². The van der Waals surface area contributed by atoms with Crippen molar-refractivity contribution in [2.24, 2.45) is 5.73 Å². The van der Waals surface area contributed by atoms with Crippen molar-refractivity contribution in [3.05, 3.63) is 18.2 Å². The lowest BCUT2D eigenvalue weighted by atomic mass is 10.1. The first-order valence-electron chi connectivity index (χ1n) is 4.74. The Balaban J connectivity index is 2.10. The summed E-state index contributed by atoms with van der Waals surface area (Å²) in [5.41, 5.74) is 5.82. The largest absolute Gasteiger partial charge is 0.339 e. The van der Waals surface area contributed by atoms with Crippen molar-refractivity contribution in [1.82, 2.24) is 9.97 Å². The zero-order chi connectivity index (χ0) is 9.97. The molecule has 1 fully saturated rings. The molecule has 0 aromatic carbocycles. The Morgan fingerprint density at radius 2 is 2.14 bits per heavy atom. The summed E-state index contributed by atoms with van der Waals surface area (Å²) in [4.78, 5) is 9.83. The Morgan fingerprint density at radius 1 is 1.43 bits per heavy atom. The first kappa shape index (κ1) is 9.33. The number of halogens is 1. The van der Waals surface area contributed by atoms with E-state index in [1.54, 1.807) is 0 Å². The van der Waals surface area contributed by atoms with E-state index in [2.05, 4.69) is 9.97 Å². The molecule has 2 heterocycles. The molecule has 4 nitrogen and oxygen atoms in total. The molecule has 0 saturated carbocycles. The van der Waals surface area contributed by atoms with Crippen LogP contribution in [0.2, 0.25) is 0 Å². The van der Waals surface area contributed by atoms with Crippen LogP contribution in [0.3, 0.4) is 0 Å². The molecular weight excluding hydrogens is 183 g/mol. The molecule has 1 aromatic heterocycles. The van der Waals surface area contributed by atoms with Gasteiger partial charge >= 0.3 is 0 Å². The number of aromatic nitrogens is 2. The molecule has 1 aliphatic rings. The van der Waals surface area contributed by atoms with E-state index in [9.17, 15) is 4.39 Å². The van der Waals surface area contributed by atoms with Gasteiger partial charge in [-0.3, -0.25) is 0 Å². The average Bonchev–Trinajstić information content (AvgIpc) is 2.19. The molecule has 1 saturated heterocycles. The quantitative estimate of drug-likeness (QED) is 0.712. The third-order valence-electron chi connectivity index (χ3n) is 2.35. The highest BCUT2D eigenvalue weighted by Gasteiger charge is 2.18. The lowest BCUT2D eigenvalue weighted by molar-refractivity contribution is 0.498. The Morgan fingerprint density at radius 3 is 2.79 bits per heavy atom. The Bertz CT molecular complexity index is 300. The first-order chi connectivity index (χ1) is 6.75. The number of hydrogen-bond acceptors (Lipinski definition) is 4. The maximum atomic E-state index is 12.6. The number of anilines is 1. The monoisotopic (exact) mass is 196 g/mol. The fourth-order valence-electron chi connectivity index (χ4n) is 1.66. The third kappa shape index (κ3) is 1.98. The number of nitrogens with zero attached hydrogens (tertiary/aromatic N) is 3. The zero-order valence-electron chi connectivity index (χ0n) is 7.86. The molecule has 0 amide bonds. The van der Waals surface area contributed by atoms with Gasteiger partial charge in [-0.05, 0) is 12.8 Å². The van der Waals surface area contributed by atoms with E-state index in [1.807, 2.05) is 4.90 Å². The van der Waals surface area contributed by atoms with Crippen molar-refractivity contribution in [1.29, 1.82) is 0 Å². The molecule has 0 aliphatic carbocycles. The molecule has 2 N–H and O–H groups in total. The second-order valence-corrected chi connectivity index (χ2v) is 3.55. The van der Waals surface area contributed by atoms with Gasteiger partial charge in [0.2, 0.25) is 5.95 Å². The highest BCUT2D eigenvalue weighted by molar-refractivity contribution is 5.29. The second-order valence-electron chi connectivity index (χ2n) is 3.55. The fraction of sp³-hybridized carbons (Fsp3) is 0.556. The smallest absolute Gasteiger partial charge is 0.225 e. The Labute approximate surface area is 82.0 Å². The standard InChI is InChI=1S/C9H13FN4/c10-7-4-12-9(13-5-7)14-3-1-2-8(11)6-14/h4-5,8H,1-3,6,11H2. The Kier molecular flexibility index (Phi) is 2.58. The molecule has 1 aliphatic heterocycles. The van der Waals surface area contributed by atoms with Crippen LogP contribution in [0.25, 0.3) is 0 Å². The van der Waals surface area contributed by atoms with Gasteiger partial charge in [0.1, 0.15) is 0 Å². The van der Waals surface area contributed by atoms with Crippen molar-refractivity contribution in [3.8, 4) is 0 Å². The summed E-state index contributed by atoms with van der Waals surface area (Å²) in [6, 6.07) is 0.178. The molecule has 14 heavy (non-hydrogen) atoms. The molecule has 0 spiro atoms. The molecule has 1 aromatic rings. The normalized spacial score (nSPS) is 22.4. The summed E-state index contributed by atoms with van der Waals surface area (Å²) in [6.45, 7) is 1.66. The van der Waals surface area contributed by atoms with Crippen molar-refractivity contribution < 1.29 is 4.39 Å². The average molecular weight is 196 g/mol. The first-order valence-corrected chi connectivity index (χ1v) is 4.74. The van der Waals surface area contributed by atoms with Gasteiger partial charge in [0.25, 0.3) is 0 Å². The minimum Gasteiger partial charge on any atom is -0.339 e. The highest BCUT2D eigenvalue weighted by Crippen LogP contribution is 2.14. The van der Waals surface area contributed by atoms with E-state index >= 15 is 0 Å². The van der Waals surface area contributed by atoms with Gasteiger partial charge in [-0.15, -0.1) is 0 Å². The fourth-order valence-corrected chi connectivity index (χ4v) is 1.66. The lowest BCUT2D eigenvalue weighted by Crippen LogP contribution is -2.43. The topological polar surface area (TPSA) is 55.0 Å². The number of rotatable bonds is 1. The van der Waals surface area contributed by atoms with E-state index in [0.717, 1.165) is 25.9 Å². The van der Waals surface area contributed by atoms with Gasteiger partial charge in [0, 0.05) is 19.1 Å². The SMILES string of the molecule is NC1CCCN(c2ncc(F)cn2)C1. The van der Waals surface area contributed by atoms with Crippen LogP contribution in [-0.2, 0) is 0 Å². The summed E-state index contributed by atoms with van der Waals surface area (Å²) < 4.78 is 12.6. The summed E-state index contributed by atoms with van der Waals surface area (Å²) in [5.74, 6) is 0.164. The molecule has 2 rings (SSSR count). The van der Waals surface area contributed by atoms with Crippen LogP contribution in [0, 0.1) is 5.82 Å². The van der Waals surface area contributed by atoms with Gasteiger partial charge < -0.3 is 10.6 Å². The van der Waals surface area contributed by atoms with E-state index in [0.29, 0.717) is 5.95 Å². The van der Waals surface area contributed by atoms with E-state index in [4.69, 9.17) is 5.73 Å². The summed E-state index contributed by atoms with van der Waals surface area (Å²) in [7, 11) is 0. The third-order valence-corrected chi connectivity index (χ3v) is 2.35. The van der Waals surface area contributed by atoms with E-state index < -0.39 is 5.82 Å². The van der Waals surface area contributed by atoms with Crippen LogP contribution in [0.1, 0.15) is 12.8 Å². The summed E-state index contributed by atoms with van der Waals surface area (Å²) in [6.07, 6.45) is 4.45. The predicted octanol–water partition coefficient (Wildman–Crippen LogP) is 0.543. The molecule has 0 bridgehead atoms. The Hall–Kier alpha value is -1.23. The van der Waals surface area contributed by atoms with Crippen molar-refractivity contribution in [3.63, 3.8) is 0 Å². The maximum absolute atomic E-state index is 12.6. The van der Waals surface area contributed by atoms with Gasteiger partial charge in [0.15, 0.2) is 5.82 Å². The van der Waals surface area contributed by atoms with E-state index in [1.165, 1.54) is 12.4 Å². The van der Waals surface area contributed by atoms with Gasteiger partial charge in [-0.25, -0.2) is 14.4 Å². The van der Waals surface area contributed by atoms with Crippen LogP contribution in [0.15, 0.2) is 12.4 Å². The maximum Gasteiger partial charge on any atom is 0.225 e. The minimum atomic E-state index is -0.407. The zero-order valence-corrected chi connectivity index (χ0v) is 7.86. The number of nitrogens with two attached hydrogens (primary N) is 1. The van der Waals surface area contributed by atoms with Crippen LogP contribution in [0.5, 0.6) is 0 Å². The minimum absolute atomic E-state index is 0.178. The molecule has 76 valence electrons. The molecule has 1 atom stereocenters. The molecule has 5 heteroatoms. The molecular formula is C9H13FN4. The van der Waals surface area contributed by atoms with Gasteiger partial charge in [-0.1, -0.05) is 0 Å². The highest BCUT2D eigenvalue weighted by atomic mass is 19.1. The summed E-state index contributed by atoms with van der Waals surface area (Å²) in [5, 5.41) is 0. The molecule has 0 radical (unpaired) electrons. The van der Waals surface area contributed by atoms with Crippen LogP contribution < -0.4 is 10.6 Å². The lowest BCUT2D eigenvalue weighted by Gasteiger charge is -2.30. The number of hydrogen-bond donors (Lipinski definition) is 1. The van der Waals surface area contributed by atoms with Crippen molar-refractivity contribution in [2.75, 3.05) is 18.0 Å². The molecule has 1 unspecified atom stereocenters. The van der Waals surface area contributed by atoms with Crippen LogP contribution in [0.4, 0.5) is 10.3 Å².